The van der Waals surface area contributed by atoms with Crippen LogP contribution >= 0.6 is 11.8 Å². The van der Waals surface area contributed by atoms with Gasteiger partial charge in [-0.2, -0.15) is 5.10 Å². The second kappa shape index (κ2) is 9.09. The summed E-state index contributed by atoms with van der Waals surface area (Å²) in [6, 6.07) is 4.94. The molecule has 1 aromatic heterocycles. The van der Waals surface area contributed by atoms with E-state index in [0.29, 0.717) is 29.5 Å². The number of benzene rings is 1. The van der Waals surface area contributed by atoms with Gasteiger partial charge in [-0.25, -0.2) is 9.07 Å². The molecule has 0 saturated heterocycles. The van der Waals surface area contributed by atoms with Crippen molar-refractivity contribution in [3.05, 3.63) is 56.8 Å². The van der Waals surface area contributed by atoms with Gasteiger partial charge in [0.15, 0.2) is 5.78 Å². The van der Waals surface area contributed by atoms with Gasteiger partial charge in [-0.15, -0.1) is 11.8 Å². The van der Waals surface area contributed by atoms with Crippen LogP contribution in [0.1, 0.15) is 46.4 Å². The van der Waals surface area contributed by atoms with E-state index in [-0.39, 0.29) is 42.3 Å². The molecule has 0 amide bonds. The first kappa shape index (κ1) is 20.3. The molecule has 26 heavy (non-hydrogen) atoms. The van der Waals surface area contributed by atoms with Crippen molar-refractivity contribution in [2.24, 2.45) is 7.05 Å². The largest absolute Gasteiger partial charge is 0.396 e. The topological polar surface area (TPSA) is 72.2 Å². The van der Waals surface area contributed by atoms with Gasteiger partial charge in [0, 0.05) is 37.0 Å². The zero-order valence-corrected chi connectivity index (χ0v) is 16.0. The number of aryl methyl sites for hydroxylation is 1. The van der Waals surface area contributed by atoms with E-state index < -0.39 is 0 Å². The molecule has 0 bridgehead atoms. The van der Waals surface area contributed by atoms with E-state index in [1.807, 2.05) is 12.3 Å². The second-order valence-corrected chi connectivity index (χ2v) is 7.00. The second-order valence-electron chi connectivity index (χ2n) is 6.12. The van der Waals surface area contributed by atoms with Crippen molar-refractivity contribution in [2.75, 3.05) is 12.9 Å². The molecule has 0 aliphatic rings. The van der Waals surface area contributed by atoms with Crippen LogP contribution in [0.2, 0.25) is 0 Å². The zero-order chi connectivity index (χ0) is 19.3. The van der Waals surface area contributed by atoms with Gasteiger partial charge in [-0.1, -0.05) is 6.07 Å². The standard InChI is InChI=1S/C19H23FN2O3S/c1-12-15(10-13-7-8-14(26-3)11-16(13)20)18(21-22(2)19(12)25)17(24)6-4-5-9-23/h7-8,11,23H,4-6,9-10H2,1-3H3. The van der Waals surface area contributed by atoms with E-state index in [1.54, 1.807) is 13.0 Å². The monoisotopic (exact) mass is 378 g/mol. The Morgan fingerprint density at radius 2 is 2.08 bits per heavy atom. The quantitative estimate of drug-likeness (QED) is 0.434. The fraction of sp³-hybridized carbons (Fsp3) is 0.421. The number of ketones is 1. The predicted molar refractivity (Wildman–Crippen MR) is 100 cm³/mol. The van der Waals surface area contributed by atoms with Crippen LogP contribution in [0.4, 0.5) is 4.39 Å². The third-order valence-corrected chi connectivity index (χ3v) is 5.03. The average Bonchev–Trinajstić information content (AvgIpc) is 2.63. The first-order chi connectivity index (χ1) is 12.4. The van der Waals surface area contributed by atoms with Crippen molar-refractivity contribution >= 4 is 17.5 Å². The Hall–Kier alpha value is -1.99. The molecule has 1 aromatic carbocycles. The number of unbranched alkanes of at least 4 members (excludes halogenated alkanes) is 1. The Bertz CT molecular complexity index is 865. The van der Waals surface area contributed by atoms with Gasteiger partial charge < -0.3 is 5.11 Å². The van der Waals surface area contributed by atoms with Crippen LogP contribution in [0.3, 0.4) is 0 Å². The molecule has 1 N–H and O–H groups in total. The molecule has 0 saturated carbocycles. The van der Waals surface area contributed by atoms with Crippen molar-refractivity contribution in [3.63, 3.8) is 0 Å². The average molecular weight is 378 g/mol. The fourth-order valence-electron chi connectivity index (χ4n) is 2.75. The van der Waals surface area contributed by atoms with Crippen molar-refractivity contribution in [2.45, 2.75) is 37.5 Å². The minimum Gasteiger partial charge on any atom is -0.396 e. The number of halogens is 1. The van der Waals surface area contributed by atoms with Gasteiger partial charge in [0.2, 0.25) is 0 Å². The van der Waals surface area contributed by atoms with E-state index in [2.05, 4.69) is 5.10 Å². The number of aliphatic hydroxyl groups excluding tert-OH is 1. The van der Waals surface area contributed by atoms with Gasteiger partial charge in [0.05, 0.1) is 0 Å². The van der Waals surface area contributed by atoms with Crippen LogP contribution in [-0.2, 0) is 13.5 Å². The lowest BCUT2D eigenvalue weighted by Gasteiger charge is -2.13. The molecular formula is C19H23FN2O3S. The van der Waals surface area contributed by atoms with Crippen LogP contribution in [0.25, 0.3) is 0 Å². The zero-order valence-electron chi connectivity index (χ0n) is 15.2. The van der Waals surface area contributed by atoms with Gasteiger partial charge in [0.25, 0.3) is 5.56 Å². The van der Waals surface area contributed by atoms with Crippen LogP contribution < -0.4 is 5.56 Å². The Balaban J connectivity index is 2.44. The Morgan fingerprint density at radius 1 is 1.35 bits per heavy atom. The highest BCUT2D eigenvalue weighted by Crippen LogP contribution is 2.23. The molecule has 2 aromatic rings. The molecule has 0 aliphatic heterocycles. The van der Waals surface area contributed by atoms with E-state index in [1.165, 1.54) is 24.9 Å². The number of carbonyl (C=O) groups excluding carboxylic acids is 1. The highest BCUT2D eigenvalue weighted by atomic mass is 32.2. The maximum Gasteiger partial charge on any atom is 0.269 e. The van der Waals surface area contributed by atoms with Crippen LogP contribution in [0.15, 0.2) is 27.9 Å². The maximum absolute atomic E-state index is 14.4. The normalized spacial score (nSPS) is 11.0. The Labute approximate surface area is 156 Å². The first-order valence-electron chi connectivity index (χ1n) is 8.42. The van der Waals surface area contributed by atoms with Gasteiger partial charge in [-0.05, 0) is 49.3 Å². The molecule has 0 radical (unpaired) electrons. The van der Waals surface area contributed by atoms with Gasteiger partial charge in [-0.3, -0.25) is 9.59 Å². The van der Waals surface area contributed by atoms with Crippen LogP contribution in [0.5, 0.6) is 0 Å². The minimum absolute atomic E-state index is 0.0207. The molecule has 2 rings (SSSR count). The predicted octanol–water partition coefficient (Wildman–Crippen LogP) is 2.89. The summed E-state index contributed by atoms with van der Waals surface area (Å²) in [5.74, 6) is -0.566. The number of carbonyl (C=O) groups is 1. The summed E-state index contributed by atoms with van der Waals surface area (Å²) in [7, 11) is 1.50. The van der Waals surface area contributed by atoms with E-state index in [4.69, 9.17) is 5.11 Å². The number of Topliss-reactive ketones (excluding diaryl/α,β-unsaturated/α-hetero) is 1. The summed E-state index contributed by atoms with van der Waals surface area (Å²) < 4.78 is 15.5. The third-order valence-electron chi connectivity index (χ3n) is 4.31. The molecular weight excluding hydrogens is 355 g/mol. The third kappa shape index (κ3) is 4.59. The summed E-state index contributed by atoms with van der Waals surface area (Å²) in [5.41, 5.74) is 1.20. The highest BCUT2D eigenvalue weighted by molar-refractivity contribution is 7.98. The number of hydrogen-bond acceptors (Lipinski definition) is 5. The molecule has 0 aliphatic carbocycles. The lowest BCUT2D eigenvalue weighted by atomic mass is 9.96. The molecule has 7 heteroatoms. The number of thioether (sulfide) groups is 1. The van der Waals surface area contributed by atoms with Crippen LogP contribution in [-0.4, -0.2) is 33.5 Å². The van der Waals surface area contributed by atoms with Crippen molar-refractivity contribution in [3.8, 4) is 0 Å². The molecule has 5 nitrogen and oxygen atoms in total. The summed E-state index contributed by atoms with van der Waals surface area (Å²) in [6.45, 7) is 1.66. The van der Waals surface area contributed by atoms with E-state index in [9.17, 15) is 14.0 Å². The number of aromatic nitrogens is 2. The summed E-state index contributed by atoms with van der Waals surface area (Å²) in [5, 5.41) is 13.0. The number of rotatable bonds is 8. The van der Waals surface area contributed by atoms with E-state index in [0.717, 1.165) is 9.58 Å². The van der Waals surface area contributed by atoms with Crippen LogP contribution in [0, 0.1) is 12.7 Å². The molecule has 0 spiro atoms. The smallest absolute Gasteiger partial charge is 0.269 e. The minimum atomic E-state index is -0.365. The number of nitrogens with zero attached hydrogens (tertiary/aromatic N) is 2. The van der Waals surface area contributed by atoms with Crippen molar-refractivity contribution in [1.29, 1.82) is 0 Å². The SMILES string of the molecule is CSc1ccc(Cc2c(C(=O)CCCCO)nn(C)c(=O)c2C)c(F)c1. The summed E-state index contributed by atoms with van der Waals surface area (Å²) in [6.07, 6.45) is 3.29. The summed E-state index contributed by atoms with van der Waals surface area (Å²) >= 11 is 1.44. The maximum atomic E-state index is 14.4. The fourth-order valence-corrected chi connectivity index (χ4v) is 3.18. The highest BCUT2D eigenvalue weighted by Gasteiger charge is 2.20. The molecule has 0 unspecified atom stereocenters. The Kier molecular flexibility index (Phi) is 7.11. The van der Waals surface area contributed by atoms with Gasteiger partial charge >= 0.3 is 0 Å². The van der Waals surface area contributed by atoms with E-state index >= 15 is 0 Å². The number of hydrogen-bond donors (Lipinski definition) is 1. The molecule has 140 valence electrons. The lowest BCUT2D eigenvalue weighted by Crippen LogP contribution is -2.28. The molecule has 1 heterocycles. The Morgan fingerprint density at radius 3 is 2.69 bits per heavy atom. The lowest BCUT2D eigenvalue weighted by molar-refractivity contribution is 0.0969. The molecule has 0 atom stereocenters. The van der Waals surface area contributed by atoms with Gasteiger partial charge in [0.1, 0.15) is 11.5 Å². The van der Waals surface area contributed by atoms with Crippen molar-refractivity contribution < 1.29 is 14.3 Å². The first-order valence-corrected chi connectivity index (χ1v) is 9.64. The summed E-state index contributed by atoms with van der Waals surface area (Å²) in [4.78, 5) is 25.6. The number of aliphatic hydroxyl groups is 1. The van der Waals surface area contributed by atoms with Crippen molar-refractivity contribution in [1.82, 2.24) is 9.78 Å². The molecule has 0 fully saturated rings.